The highest BCUT2D eigenvalue weighted by atomic mass is 16.2. The molecule has 0 rings (SSSR count). The molecule has 2 heteroatoms. The summed E-state index contributed by atoms with van der Waals surface area (Å²) in [6, 6.07) is 0. The van der Waals surface area contributed by atoms with Crippen molar-refractivity contribution in [3.05, 3.63) is 24.3 Å². The first-order chi connectivity index (χ1) is 27.8. The molecule has 0 aromatic rings. The maximum Gasteiger partial charge on any atom is 0.222 e. The predicted octanol–water partition coefficient (Wildman–Crippen LogP) is 19.2. The molecule has 0 saturated carbocycles. The van der Waals surface area contributed by atoms with Gasteiger partial charge in [0.25, 0.3) is 0 Å². The van der Waals surface area contributed by atoms with E-state index >= 15 is 0 Å². The van der Waals surface area contributed by atoms with Gasteiger partial charge < -0.3 is 4.90 Å². The van der Waals surface area contributed by atoms with E-state index in [0.717, 1.165) is 32.4 Å². The molecule has 56 heavy (non-hydrogen) atoms. The topological polar surface area (TPSA) is 20.3 Å². The van der Waals surface area contributed by atoms with Crippen molar-refractivity contribution in [2.24, 2.45) is 0 Å². The van der Waals surface area contributed by atoms with Gasteiger partial charge in [0.15, 0.2) is 0 Å². The average molecular weight is 784 g/mol. The zero-order valence-corrected chi connectivity index (χ0v) is 39.2. The Morgan fingerprint density at radius 3 is 0.893 bits per heavy atom. The summed E-state index contributed by atoms with van der Waals surface area (Å²) in [4.78, 5) is 15.6. The summed E-state index contributed by atoms with van der Waals surface area (Å²) in [5.41, 5.74) is 0. The number of carbonyl (C=O) groups is 1. The van der Waals surface area contributed by atoms with Crippen LogP contribution in [0.15, 0.2) is 24.3 Å². The largest absolute Gasteiger partial charge is 0.343 e. The van der Waals surface area contributed by atoms with E-state index < -0.39 is 0 Å². The van der Waals surface area contributed by atoms with Gasteiger partial charge in [0, 0.05) is 19.5 Å². The number of carbonyl (C=O) groups excluding carboxylic acids is 1. The summed E-state index contributed by atoms with van der Waals surface area (Å²) in [6.07, 6.45) is 68.7. The van der Waals surface area contributed by atoms with E-state index in [2.05, 4.69) is 50.0 Å². The van der Waals surface area contributed by atoms with E-state index in [0.29, 0.717) is 5.91 Å². The Kier molecular flexibility index (Phi) is 49.2. The van der Waals surface area contributed by atoms with Crippen LogP contribution in [0, 0.1) is 0 Å². The van der Waals surface area contributed by atoms with E-state index in [4.69, 9.17) is 0 Å². The molecule has 0 fully saturated rings. The molecular weight excluding hydrogens is 679 g/mol. The van der Waals surface area contributed by atoms with E-state index in [1.807, 2.05) is 0 Å². The molecule has 0 spiro atoms. The van der Waals surface area contributed by atoms with Crippen molar-refractivity contribution >= 4 is 5.91 Å². The Hall–Kier alpha value is -1.05. The molecule has 0 aliphatic heterocycles. The fraction of sp³-hybridized carbons (Fsp3) is 0.907. The van der Waals surface area contributed by atoms with Gasteiger partial charge in [-0.1, -0.05) is 270 Å². The molecule has 1 amide bonds. The van der Waals surface area contributed by atoms with Gasteiger partial charge in [0.2, 0.25) is 5.91 Å². The fourth-order valence-corrected chi connectivity index (χ4v) is 8.31. The maximum absolute atomic E-state index is 13.4. The zero-order valence-electron chi connectivity index (χ0n) is 39.2. The summed E-state index contributed by atoms with van der Waals surface area (Å²) in [5.74, 6) is 0.442. The molecule has 0 atom stereocenters. The van der Waals surface area contributed by atoms with Crippen molar-refractivity contribution in [2.75, 3.05) is 13.1 Å². The van der Waals surface area contributed by atoms with Crippen LogP contribution >= 0.6 is 0 Å². The number of hydrogen-bond donors (Lipinski definition) is 0. The second-order valence-corrected chi connectivity index (χ2v) is 18.0. The molecule has 0 aromatic heterocycles. The first kappa shape index (κ1) is 55.0. The van der Waals surface area contributed by atoms with Crippen LogP contribution < -0.4 is 0 Å². The minimum absolute atomic E-state index is 0.442. The molecule has 0 unspecified atom stereocenters. The number of hydrogen-bond acceptors (Lipinski definition) is 1. The van der Waals surface area contributed by atoms with Crippen LogP contribution in [0.25, 0.3) is 0 Å². The van der Waals surface area contributed by atoms with Crippen LogP contribution in [0.1, 0.15) is 303 Å². The molecule has 0 saturated heterocycles. The van der Waals surface area contributed by atoms with Crippen LogP contribution in [-0.2, 0) is 4.79 Å². The third kappa shape index (κ3) is 45.6. The Morgan fingerprint density at radius 1 is 0.304 bits per heavy atom. The normalized spacial score (nSPS) is 11.8. The summed E-state index contributed by atoms with van der Waals surface area (Å²) >= 11 is 0. The van der Waals surface area contributed by atoms with Crippen molar-refractivity contribution in [1.82, 2.24) is 4.90 Å². The van der Waals surface area contributed by atoms with E-state index in [9.17, 15) is 4.79 Å². The molecule has 332 valence electrons. The number of rotatable bonds is 48. The maximum atomic E-state index is 13.4. The second kappa shape index (κ2) is 50.1. The Morgan fingerprint density at radius 2 is 0.554 bits per heavy atom. The molecule has 0 heterocycles. The van der Waals surface area contributed by atoms with Gasteiger partial charge in [0.1, 0.15) is 0 Å². The lowest BCUT2D eigenvalue weighted by atomic mass is 10.0. The number of amides is 1. The lowest BCUT2D eigenvalue weighted by molar-refractivity contribution is -0.131. The highest BCUT2D eigenvalue weighted by molar-refractivity contribution is 5.76. The number of nitrogens with zero attached hydrogens (tertiary/aromatic N) is 1. The van der Waals surface area contributed by atoms with Crippen molar-refractivity contribution in [3.63, 3.8) is 0 Å². The molecular formula is C54H105NO. The van der Waals surface area contributed by atoms with Gasteiger partial charge in [-0.15, -0.1) is 0 Å². The Labute approximate surface area is 355 Å². The summed E-state index contributed by atoms with van der Waals surface area (Å²) in [6.45, 7) is 8.87. The fourth-order valence-electron chi connectivity index (χ4n) is 8.31. The monoisotopic (exact) mass is 784 g/mol. The third-order valence-electron chi connectivity index (χ3n) is 12.3. The SMILES string of the molecule is CCCCC/C=C\C/C=C\CCCCCCCC(=O)N(CCCCCCCCCCCCCCCCCC)CCCCCCCCCCCCCCCCCC. The van der Waals surface area contributed by atoms with E-state index in [1.165, 1.54) is 263 Å². The van der Waals surface area contributed by atoms with Crippen LogP contribution in [0.2, 0.25) is 0 Å². The lowest BCUT2D eigenvalue weighted by Gasteiger charge is -2.23. The van der Waals surface area contributed by atoms with E-state index in [1.54, 1.807) is 0 Å². The van der Waals surface area contributed by atoms with Gasteiger partial charge in [-0.25, -0.2) is 0 Å². The molecule has 0 aliphatic rings. The molecule has 2 nitrogen and oxygen atoms in total. The quantitative estimate of drug-likeness (QED) is 0.0445. The highest BCUT2D eigenvalue weighted by Crippen LogP contribution is 2.17. The van der Waals surface area contributed by atoms with Crippen molar-refractivity contribution in [2.45, 2.75) is 303 Å². The summed E-state index contributed by atoms with van der Waals surface area (Å²) < 4.78 is 0. The van der Waals surface area contributed by atoms with Gasteiger partial charge in [-0.05, 0) is 51.4 Å². The number of unbranched alkanes of at least 4 members (excludes halogenated alkanes) is 38. The first-order valence-electron chi connectivity index (χ1n) is 26.3. The van der Waals surface area contributed by atoms with Crippen molar-refractivity contribution in [3.8, 4) is 0 Å². The smallest absolute Gasteiger partial charge is 0.222 e. The molecule has 0 radical (unpaired) electrons. The van der Waals surface area contributed by atoms with Crippen LogP contribution in [0.3, 0.4) is 0 Å². The minimum Gasteiger partial charge on any atom is -0.343 e. The summed E-state index contributed by atoms with van der Waals surface area (Å²) in [7, 11) is 0. The Balaban J connectivity index is 4.14. The van der Waals surface area contributed by atoms with Crippen LogP contribution in [-0.4, -0.2) is 23.9 Å². The van der Waals surface area contributed by atoms with Gasteiger partial charge in [-0.2, -0.15) is 0 Å². The third-order valence-corrected chi connectivity index (χ3v) is 12.3. The van der Waals surface area contributed by atoms with Gasteiger partial charge in [0.05, 0.1) is 0 Å². The average Bonchev–Trinajstić information content (AvgIpc) is 3.21. The highest BCUT2D eigenvalue weighted by Gasteiger charge is 2.12. The standard InChI is InChI=1S/C54H105NO/c1-4-7-10-13-16-19-22-25-28-31-34-37-40-43-46-49-52-55(53-50-47-44-41-38-35-32-29-26-23-20-17-14-11-8-5-2)54(56)51-48-45-42-39-36-33-30-27-24-21-18-15-12-9-6-3/h18,21,27,30H,4-17,19-20,22-26,28-29,31-53H2,1-3H3/b21-18-,30-27-. The van der Waals surface area contributed by atoms with E-state index in [-0.39, 0.29) is 0 Å². The van der Waals surface area contributed by atoms with Crippen molar-refractivity contribution in [1.29, 1.82) is 0 Å². The predicted molar refractivity (Wildman–Crippen MR) is 255 cm³/mol. The lowest BCUT2D eigenvalue weighted by Crippen LogP contribution is -2.32. The minimum atomic E-state index is 0.442. The number of allylic oxidation sites excluding steroid dienone is 4. The van der Waals surface area contributed by atoms with Gasteiger partial charge in [-0.3, -0.25) is 4.79 Å². The molecule has 0 bridgehead atoms. The molecule has 0 aromatic carbocycles. The first-order valence-corrected chi connectivity index (χ1v) is 26.3. The second-order valence-electron chi connectivity index (χ2n) is 18.0. The van der Waals surface area contributed by atoms with Gasteiger partial charge >= 0.3 is 0 Å². The van der Waals surface area contributed by atoms with Crippen LogP contribution in [0.5, 0.6) is 0 Å². The zero-order chi connectivity index (χ0) is 40.5. The summed E-state index contributed by atoms with van der Waals surface area (Å²) in [5, 5.41) is 0. The molecule has 0 N–H and O–H groups in total. The molecule has 0 aliphatic carbocycles. The van der Waals surface area contributed by atoms with Crippen molar-refractivity contribution < 1.29 is 4.79 Å². The Bertz CT molecular complexity index is 749. The van der Waals surface area contributed by atoms with Crippen LogP contribution in [0.4, 0.5) is 0 Å².